The topological polar surface area (TPSA) is 63.3 Å². The Morgan fingerprint density at radius 1 is 1.30 bits per heavy atom. The third kappa shape index (κ3) is 3.95. The highest BCUT2D eigenvalue weighted by molar-refractivity contribution is 5.66. The Hall–Kier alpha value is -2.10. The van der Waals surface area contributed by atoms with Gasteiger partial charge in [0.05, 0.1) is 12.6 Å². The van der Waals surface area contributed by atoms with E-state index in [0.717, 1.165) is 12.0 Å². The summed E-state index contributed by atoms with van der Waals surface area (Å²) >= 11 is 0. The standard InChI is InChI=1S/C16H19NO3/c1-11(2)9-12-3-5-13(6-4-12)14-10-17-15(20-14)7-8-16(18)19/h3-6,10-11H,7-9H2,1-2H3,(H,18,19). The molecule has 0 saturated heterocycles. The number of rotatable bonds is 6. The molecule has 0 saturated carbocycles. The number of aromatic nitrogens is 1. The Kier molecular flexibility index (Phi) is 4.56. The molecule has 2 rings (SSSR count). The van der Waals surface area contributed by atoms with Crippen molar-refractivity contribution in [3.63, 3.8) is 0 Å². The number of carboxylic acid groups (broad SMARTS) is 1. The zero-order valence-electron chi connectivity index (χ0n) is 11.8. The van der Waals surface area contributed by atoms with Gasteiger partial charge in [0.25, 0.3) is 0 Å². The lowest BCUT2D eigenvalue weighted by atomic mass is 10.0. The molecule has 0 bridgehead atoms. The van der Waals surface area contributed by atoms with Gasteiger partial charge in [-0.1, -0.05) is 38.1 Å². The van der Waals surface area contributed by atoms with Crippen LogP contribution in [0.15, 0.2) is 34.9 Å². The van der Waals surface area contributed by atoms with Gasteiger partial charge in [0.15, 0.2) is 11.7 Å². The van der Waals surface area contributed by atoms with E-state index < -0.39 is 5.97 Å². The molecule has 0 amide bonds. The molecule has 1 aromatic carbocycles. The van der Waals surface area contributed by atoms with Crippen molar-refractivity contribution in [2.24, 2.45) is 5.92 Å². The summed E-state index contributed by atoms with van der Waals surface area (Å²) in [5.74, 6) is 0.937. The quantitative estimate of drug-likeness (QED) is 0.874. The first-order valence-corrected chi connectivity index (χ1v) is 6.80. The van der Waals surface area contributed by atoms with E-state index in [1.165, 1.54) is 5.56 Å². The fraction of sp³-hybridized carbons (Fsp3) is 0.375. The molecule has 1 N–H and O–H groups in total. The molecule has 4 nitrogen and oxygen atoms in total. The van der Waals surface area contributed by atoms with Gasteiger partial charge in [-0.15, -0.1) is 0 Å². The monoisotopic (exact) mass is 273 g/mol. The van der Waals surface area contributed by atoms with Crippen LogP contribution in [0.5, 0.6) is 0 Å². The molecular weight excluding hydrogens is 254 g/mol. The first-order valence-electron chi connectivity index (χ1n) is 6.80. The number of aliphatic carboxylic acids is 1. The van der Waals surface area contributed by atoms with Crippen LogP contribution in [0.25, 0.3) is 11.3 Å². The highest BCUT2D eigenvalue weighted by atomic mass is 16.4. The fourth-order valence-corrected chi connectivity index (χ4v) is 2.05. The normalized spacial score (nSPS) is 10.9. The van der Waals surface area contributed by atoms with Crippen LogP contribution in [-0.4, -0.2) is 16.1 Å². The summed E-state index contributed by atoms with van der Waals surface area (Å²) < 4.78 is 5.57. The first kappa shape index (κ1) is 14.3. The minimum absolute atomic E-state index is 0.0350. The summed E-state index contributed by atoms with van der Waals surface area (Å²) in [4.78, 5) is 14.6. The molecule has 0 fully saturated rings. The van der Waals surface area contributed by atoms with Crippen molar-refractivity contribution in [3.05, 3.63) is 41.9 Å². The number of carbonyl (C=O) groups is 1. The van der Waals surface area contributed by atoms with Crippen molar-refractivity contribution in [2.75, 3.05) is 0 Å². The zero-order valence-corrected chi connectivity index (χ0v) is 11.8. The largest absolute Gasteiger partial charge is 0.481 e. The van der Waals surface area contributed by atoms with Crippen LogP contribution >= 0.6 is 0 Å². The van der Waals surface area contributed by atoms with E-state index in [1.807, 2.05) is 12.1 Å². The van der Waals surface area contributed by atoms with E-state index in [4.69, 9.17) is 9.52 Å². The van der Waals surface area contributed by atoms with E-state index in [9.17, 15) is 4.79 Å². The molecule has 1 heterocycles. The summed E-state index contributed by atoms with van der Waals surface area (Å²) in [5, 5.41) is 8.63. The van der Waals surface area contributed by atoms with Crippen LogP contribution in [0.1, 0.15) is 31.7 Å². The van der Waals surface area contributed by atoms with Crippen LogP contribution in [-0.2, 0) is 17.6 Å². The van der Waals surface area contributed by atoms with Crippen molar-refractivity contribution in [1.29, 1.82) is 0 Å². The SMILES string of the molecule is CC(C)Cc1ccc(-c2cnc(CCC(=O)O)o2)cc1. The number of nitrogens with zero attached hydrogens (tertiary/aromatic N) is 1. The average molecular weight is 273 g/mol. The molecule has 0 aliphatic carbocycles. The second kappa shape index (κ2) is 6.37. The Bertz CT molecular complexity index is 570. The van der Waals surface area contributed by atoms with E-state index >= 15 is 0 Å². The second-order valence-electron chi connectivity index (χ2n) is 5.31. The molecular formula is C16H19NO3. The molecule has 0 spiro atoms. The molecule has 0 aliphatic rings. The van der Waals surface area contributed by atoms with Crippen LogP contribution in [0.4, 0.5) is 0 Å². The van der Waals surface area contributed by atoms with Crippen molar-refractivity contribution in [1.82, 2.24) is 4.98 Å². The lowest BCUT2D eigenvalue weighted by Crippen LogP contribution is -1.97. The van der Waals surface area contributed by atoms with Gasteiger partial charge in [-0.3, -0.25) is 4.79 Å². The third-order valence-electron chi connectivity index (χ3n) is 2.99. The average Bonchev–Trinajstić information content (AvgIpc) is 2.85. The number of carboxylic acids is 1. The molecule has 0 aliphatic heterocycles. The van der Waals surface area contributed by atoms with E-state index in [1.54, 1.807) is 6.20 Å². The predicted molar refractivity (Wildman–Crippen MR) is 76.4 cm³/mol. The van der Waals surface area contributed by atoms with Gasteiger partial charge in [-0.2, -0.15) is 0 Å². The molecule has 4 heteroatoms. The van der Waals surface area contributed by atoms with Crippen molar-refractivity contribution < 1.29 is 14.3 Å². The molecule has 0 radical (unpaired) electrons. The fourth-order valence-electron chi connectivity index (χ4n) is 2.05. The smallest absolute Gasteiger partial charge is 0.303 e. The summed E-state index contributed by atoms with van der Waals surface area (Å²) in [5.41, 5.74) is 2.26. The maximum atomic E-state index is 10.5. The molecule has 0 atom stereocenters. The second-order valence-corrected chi connectivity index (χ2v) is 5.31. The summed E-state index contributed by atoms with van der Waals surface area (Å²) in [6.45, 7) is 4.39. The minimum atomic E-state index is -0.845. The van der Waals surface area contributed by atoms with Gasteiger partial charge in [0.2, 0.25) is 0 Å². The van der Waals surface area contributed by atoms with E-state index in [-0.39, 0.29) is 6.42 Å². The van der Waals surface area contributed by atoms with Crippen LogP contribution in [0, 0.1) is 5.92 Å². The van der Waals surface area contributed by atoms with Gasteiger partial charge in [0, 0.05) is 12.0 Å². The highest BCUT2D eigenvalue weighted by Crippen LogP contribution is 2.22. The molecule has 2 aromatic rings. The number of benzene rings is 1. The van der Waals surface area contributed by atoms with Gasteiger partial charge in [-0.05, 0) is 17.9 Å². The van der Waals surface area contributed by atoms with Crippen LogP contribution in [0.3, 0.4) is 0 Å². The number of oxazole rings is 1. The maximum absolute atomic E-state index is 10.5. The van der Waals surface area contributed by atoms with E-state index in [2.05, 4.69) is 31.0 Å². The van der Waals surface area contributed by atoms with Gasteiger partial charge >= 0.3 is 5.97 Å². The zero-order chi connectivity index (χ0) is 14.5. The lowest BCUT2D eigenvalue weighted by Gasteiger charge is -2.05. The number of aryl methyl sites for hydroxylation is 1. The van der Waals surface area contributed by atoms with Crippen molar-refractivity contribution in [2.45, 2.75) is 33.1 Å². The van der Waals surface area contributed by atoms with Gasteiger partial charge < -0.3 is 9.52 Å². The van der Waals surface area contributed by atoms with Crippen molar-refractivity contribution >= 4 is 5.97 Å². The molecule has 20 heavy (non-hydrogen) atoms. The Morgan fingerprint density at radius 3 is 2.60 bits per heavy atom. The Labute approximate surface area is 118 Å². The third-order valence-corrected chi connectivity index (χ3v) is 2.99. The minimum Gasteiger partial charge on any atom is -0.481 e. The highest BCUT2D eigenvalue weighted by Gasteiger charge is 2.08. The summed E-state index contributed by atoms with van der Waals surface area (Å²) in [6, 6.07) is 8.21. The Morgan fingerprint density at radius 2 is 2.00 bits per heavy atom. The van der Waals surface area contributed by atoms with Gasteiger partial charge in [0.1, 0.15) is 0 Å². The predicted octanol–water partition coefficient (Wildman–Crippen LogP) is 3.56. The molecule has 0 unspecified atom stereocenters. The molecule has 106 valence electrons. The Balaban J connectivity index is 2.06. The van der Waals surface area contributed by atoms with Crippen LogP contribution in [0.2, 0.25) is 0 Å². The lowest BCUT2D eigenvalue weighted by molar-refractivity contribution is -0.137. The number of hydrogen-bond acceptors (Lipinski definition) is 3. The molecule has 1 aromatic heterocycles. The maximum Gasteiger partial charge on any atom is 0.303 e. The summed E-state index contributed by atoms with van der Waals surface area (Å²) in [6.07, 6.45) is 3.06. The van der Waals surface area contributed by atoms with Crippen LogP contribution < -0.4 is 0 Å². The number of hydrogen-bond donors (Lipinski definition) is 1. The van der Waals surface area contributed by atoms with Gasteiger partial charge in [-0.25, -0.2) is 4.98 Å². The summed E-state index contributed by atoms with van der Waals surface area (Å²) in [7, 11) is 0. The van der Waals surface area contributed by atoms with Crippen molar-refractivity contribution in [3.8, 4) is 11.3 Å². The van der Waals surface area contributed by atoms with E-state index in [0.29, 0.717) is 24.0 Å². The first-order chi connectivity index (χ1) is 9.54.